The molecule has 0 radical (unpaired) electrons. The van der Waals surface area contributed by atoms with E-state index in [2.05, 4.69) is 9.73 Å². The molecule has 0 N–H and O–H groups in total. The van der Waals surface area contributed by atoms with Crippen LogP contribution in [-0.2, 0) is 14.3 Å². The van der Waals surface area contributed by atoms with Crippen molar-refractivity contribution in [1.29, 1.82) is 0 Å². The quantitative estimate of drug-likeness (QED) is 0.444. The Morgan fingerprint density at radius 3 is 2.94 bits per heavy atom. The van der Waals surface area contributed by atoms with E-state index in [0.717, 1.165) is 0 Å². The summed E-state index contributed by atoms with van der Waals surface area (Å²) in [6.07, 6.45) is 1.24. The van der Waals surface area contributed by atoms with Crippen LogP contribution in [-0.4, -0.2) is 19.2 Å². The number of hydrogen-bond donors (Lipinski definition) is 0. The van der Waals surface area contributed by atoms with Crippen LogP contribution in [0.4, 0.5) is 4.39 Å². The fourth-order valence-electron chi connectivity index (χ4n) is 1.26. The standard InChI is InChI=1S/C11H10FNO3/c1-16-11(15)6-10(13-7-14)8-3-2-4-9(12)5-8/h2-5,10H,6H2,1H3/t10-/m1/s1. The van der Waals surface area contributed by atoms with Crippen LogP contribution in [0.15, 0.2) is 29.3 Å². The second-order valence-electron chi connectivity index (χ2n) is 3.07. The molecule has 84 valence electrons. The summed E-state index contributed by atoms with van der Waals surface area (Å²) in [4.78, 5) is 24.7. The Labute approximate surface area is 91.8 Å². The minimum Gasteiger partial charge on any atom is -0.469 e. The minimum absolute atomic E-state index is 0.116. The Balaban J connectivity index is 2.93. The predicted octanol–water partition coefficient (Wildman–Crippen LogP) is 1.77. The minimum atomic E-state index is -0.749. The van der Waals surface area contributed by atoms with Crippen molar-refractivity contribution < 1.29 is 18.7 Å². The molecule has 0 saturated carbocycles. The van der Waals surface area contributed by atoms with Gasteiger partial charge in [0, 0.05) is 0 Å². The van der Waals surface area contributed by atoms with Gasteiger partial charge in [0.15, 0.2) is 0 Å². The molecule has 0 aromatic heterocycles. The molecule has 16 heavy (non-hydrogen) atoms. The number of halogens is 1. The lowest BCUT2D eigenvalue weighted by Crippen LogP contribution is -2.07. The maximum atomic E-state index is 12.9. The Hall–Kier alpha value is -2.00. The van der Waals surface area contributed by atoms with E-state index in [1.807, 2.05) is 0 Å². The van der Waals surface area contributed by atoms with E-state index >= 15 is 0 Å². The molecule has 0 fully saturated rings. The first-order valence-corrected chi connectivity index (χ1v) is 4.56. The Morgan fingerprint density at radius 2 is 2.38 bits per heavy atom. The highest BCUT2D eigenvalue weighted by atomic mass is 19.1. The third-order valence-corrected chi connectivity index (χ3v) is 2.03. The van der Waals surface area contributed by atoms with Gasteiger partial charge in [0.2, 0.25) is 6.08 Å². The lowest BCUT2D eigenvalue weighted by molar-refractivity contribution is -0.141. The zero-order valence-electron chi connectivity index (χ0n) is 8.64. The second kappa shape index (κ2) is 5.78. The summed E-state index contributed by atoms with van der Waals surface area (Å²) in [5, 5.41) is 0. The smallest absolute Gasteiger partial charge is 0.308 e. The average molecular weight is 223 g/mol. The molecular weight excluding hydrogens is 213 g/mol. The molecule has 0 aliphatic carbocycles. The summed E-state index contributed by atoms with van der Waals surface area (Å²) >= 11 is 0. The van der Waals surface area contributed by atoms with E-state index in [9.17, 15) is 14.0 Å². The van der Waals surface area contributed by atoms with Gasteiger partial charge in [0.1, 0.15) is 5.82 Å². The van der Waals surface area contributed by atoms with Crippen molar-refractivity contribution >= 4 is 12.0 Å². The molecule has 1 aromatic carbocycles. The number of carbonyl (C=O) groups is 1. The lowest BCUT2D eigenvalue weighted by atomic mass is 10.0. The molecule has 0 unspecified atom stereocenters. The lowest BCUT2D eigenvalue weighted by Gasteiger charge is -2.09. The van der Waals surface area contributed by atoms with E-state index in [1.54, 1.807) is 6.07 Å². The van der Waals surface area contributed by atoms with Crippen molar-refractivity contribution in [2.75, 3.05) is 7.11 Å². The molecule has 0 spiro atoms. The SMILES string of the molecule is COC(=O)C[C@@H](N=C=O)c1cccc(F)c1. The highest BCUT2D eigenvalue weighted by Gasteiger charge is 2.15. The third-order valence-electron chi connectivity index (χ3n) is 2.03. The summed E-state index contributed by atoms with van der Waals surface area (Å²) in [5.41, 5.74) is 0.439. The monoisotopic (exact) mass is 223 g/mol. The summed E-state index contributed by atoms with van der Waals surface area (Å²) in [6.45, 7) is 0. The highest BCUT2D eigenvalue weighted by Crippen LogP contribution is 2.21. The molecule has 0 amide bonds. The van der Waals surface area contributed by atoms with E-state index < -0.39 is 17.8 Å². The maximum Gasteiger partial charge on any atom is 0.308 e. The number of carbonyl (C=O) groups excluding carboxylic acids is 2. The normalized spacial score (nSPS) is 11.4. The summed E-state index contributed by atoms with van der Waals surface area (Å²) in [6, 6.07) is 4.80. The van der Waals surface area contributed by atoms with Crippen molar-refractivity contribution in [2.45, 2.75) is 12.5 Å². The molecular formula is C11H10FNO3. The van der Waals surface area contributed by atoms with Crippen LogP contribution in [0.1, 0.15) is 18.0 Å². The van der Waals surface area contributed by atoms with Gasteiger partial charge in [-0.1, -0.05) is 12.1 Å². The van der Waals surface area contributed by atoms with E-state index in [4.69, 9.17) is 0 Å². The number of hydrogen-bond acceptors (Lipinski definition) is 4. The Bertz CT molecular complexity index is 427. The topological polar surface area (TPSA) is 55.7 Å². The molecule has 0 aliphatic rings. The molecule has 1 atom stereocenters. The summed E-state index contributed by atoms with van der Waals surface area (Å²) in [7, 11) is 1.23. The molecule has 1 aromatic rings. The number of ether oxygens (including phenoxy) is 1. The highest BCUT2D eigenvalue weighted by molar-refractivity contribution is 5.70. The van der Waals surface area contributed by atoms with Crippen molar-refractivity contribution in [2.24, 2.45) is 4.99 Å². The molecule has 0 heterocycles. The number of esters is 1. The van der Waals surface area contributed by atoms with Gasteiger partial charge in [-0.15, -0.1) is 0 Å². The van der Waals surface area contributed by atoms with Gasteiger partial charge in [0.25, 0.3) is 0 Å². The number of isocyanates is 1. The van der Waals surface area contributed by atoms with Gasteiger partial charge in [-0.05, 0) is 17.7 Å². The van der Waals surface area contributed by atoms with Crippen LogP contribution >= 0.6 is 0 Å². The Kier molecular flexibility index (Phi) is 4.36. The third kappa shape index (κ3) is 3.29. The van der Waals surface area contributed by atoms with Crippen molar-refractivity contribution in [3.63, 3.8) is 0 Å². The summed E-state index contributed by atoms with van der Waals surface area (Å²) < 4.78 is 17.4. The maximum absolute atomic E-state index is 12.9. The molecule has 5 heteroatoms. The van der Waals surface area contributed by atoms with Crippen LogP contribution in [0.2, 0.25) is 0 Å². The number of aliphatic imine (C=N–C) groups is 1. The number of nitrogens with zero attached hydrogens (tertiary/aromatic N) is 1. The van der Waals surface area contributed by atoms with Crippen molar-refractivity contribution in [1.82, 2.24) is 0 Å². The van der Waals surface area contributed by atoms with Gasteiger partial charge < -0.3 is 4.74 Å². The number of benzene rings is 1. The number of rotatable bonds is 4. The van der Waals surface area contributed by atoms with E-state index in [-0.39, 0.29) is 6.42 Å². The van der Waals surface area contributed by atoms with Crippen LogP contribution in [0.25, 0.3) is 0 Å². The largest absolute Gasteiger partial charge is 0.469 e. The van der Waals surface area contributed by atoms with Gasteiger partial charge in [0.05, 0.1) is 19.6 Å². The van der Waals surface area contributed by atoms with Gasteiger partial charge in [-0.25, -0.2) is 9.18 Å². The van der Waals surface area contributed by atoms with Crippen molar-refractivity contribution in [3.05, 3.63) is 35.6 Å². The fraction of sp³-hybridized carbons (Fsp3) is 0.273. The first-order chi connectivity index (χ1) is 7.67. The van der Waals surface area contributed by atoms with Crippen LogP contribution < -0.4 is 0 Å². The van der Waals surface area contributed by atoms with E-state index in [0.29, 0.717) is 5.56 Å². The number of methoxy groups -OCH3 is 1. The van der Waals surface area contributed by atoms with Crippen LogP contribution in [0.3, 0.4) is 0 Å². The Morgan fingerprint density at radius 1 is 1.62 bits per heavy atom. The average Bonchev–Trinajstić information content (AvgIpc) is 2.28. The van der Waals surface area contributed by atoms with Gasteiger partial charge in [-0.2, -0.15) is 4.99 Å². The zero-order valence-corrected chi connectivity index (χ0v) is 8.64. The first kappa shape index (κ1) is 12.1. The van der Waals surface area contributed by atoms with Crippen molar-refractivity contribution in [3.8, 4) is 0 Å². The molecule has 1 rings (SSSR count). The van der Waals surface area contributed by atoms with Crippen LogP contribution in [0, 0.1) is 5.82 Å². The molecule has 0 bridgehead atoms. The molecule has 4 nitrogen and oxygen atoms in total. The molecule has 0 aliphatic heterocycles. The zero-order chi connectivity index (χ0) is 12.0. The van der Waals surface area contributed by atoms with E-state index in [1.165, 1.54) is 31.4 Å². The predicted molar refractivity (Wildman–Crippen MR) is 53.9 cm³/mol. The first-order valence-electron chi connectivity index (χ1n) is 4.56. The molecule has 0 saturated heterocycles. The van der Waals surface area contributed by atoms with Gasteiger partial charge >= 0.3 is 5.97 Å². The summed E-state index contributed by atoms with van der Waals surface area (Å²) in [5.74, 6) is -0.971. The van der Waals surface area contributed by atoms with Crippen LogP contribution in [0.5, 0.6) is 0 Å². The fourth-order valence-corrected chi connectivity index (χ4v) is 1.26. The van der Waals surface area contributed by atoms with Gasteiger partial charge in [-0.3, -0.25) is 4.79 Å². The second-order valence-corrected chi connectivity index (χ2v) is 3.07.